The van der Waals surface area contributed by atoms with Gasteiger partial charge in [0, 0.05) is 28.5 Å². The highest BCUT2D eigenvalue weighted by molar-refractivity contribution is 6.31. The molecule has 2 rings (SSSR count). The molecule has 0 bridgehead atoms. The van der Waals surface area contributed by atoms with Gasteiger partial charge in [-0.1, -0.05) is 29.7 Å². The molecule has 0 amide bonds. The van der Waals surface area contributed by atoms with E-state index in [1.165, 1.54) is 12.1 Å². The first-order valence-electron chi connectivity index (χ1n) is 6.86. The molecule has 2 aromatic rings. The molecule has 0 aliphatic rings. The van der Waals surface area contributed by atoms with Gasteiger partial charge in [-0.05, 0) is 30.7 Å². The Balaban J connectivity index is 2.26. The number of oxime groups is 1. The predicted molar refractivity (Wildman–Crippen MR) is 82.3 cm³/mol. The summed E-state index contributed by atoms with van der Waals surface area (Å²) < 4.78 is 39.4. The highest BCUT2D eigenvalue weighted by atomic mass is 35.5. The largest absolute Gasteiger partial charge is 0.417 e. The zero-order valence-corrected chi connectivity index (χ0v) is 13.0. The Morgan fingerprint density at radius 2 is 2.09 bits per heavy atom. The van der Waals surface area contributed by atoms with E-state index >= 15 is 0 Å². The third kappa shape index (κ3) is 4.69. The molecular weight excluding hydrogens is 329 g/mol. The minimum atomic E-state index is -4.49. The lowest BCUT2D eigenvalue weighted by Crippen LogP contribution is -2.13. The Labute approximate surface area is 136 Å². The molecule has 1 aromatic carbocycles. The summed E-state index contributed by atoms with van der Waals surface area (Å²) in [6, 6.07) is 6.93. The van der Waals surface area contributed by atoms with Crippen LogP contribution in [0.1, 0.15) is 30.0 Å². The zero-order valence-electron chi connectivity index (χ0n) is 12.3. The number of hydrogen-bond acceptors (Lipinski definition) is 3. The lowest BCUT2D eigenvalue weighted by atomic mass is 10.0. The van der Waals surface area contributed by atoms with Gasteiger partial charge >= 0.3 is 6.18 Å². The predicted octanol–water partition coefficient (Wildman–Crippen LogP) is 5.08. The van der Waals surface area contributed by atoms with E-state index < -0.39 is 11.7 Å². The maximum Gasteiger partial charge on any atom is 0.417 e. The second-order valence-corrected chi connectivity index (χ2v) is 5.15. The second kappa shape index (κ2) is 7.46. The molecule has 1 aromatic heterocycles. The highest BCUT2D eigenvalue weighted by Crippen LogP contribution is 2.34. The number of aromatic nitrogens is 1. The van der Waals surface area contributed by atoms with Crippen molar-refractivity contribution in [3.8, 4) is 0 Å². The molecular formula is C16H14ClF3N2O. The number of rotatable bonds is 5. The van der Waals surface area contributed by atoms with Crippen molar-refractivity contribution in [3.63, 3.8) is 0 Å². The number of benzene rings is 1. The minimum absolute atomic E-state index is 0.0707. The molecule has 0 saturated heterocycles. The Bertz CT molecular complexity index is 687. The van der Waals surface area contributed by atoms with Crippen LogP contribution in [-0.4, -0.2) is 10.7 Å². The monoisotopic (exact) mass is 342 g/mol. The molecule has 122 valence electrons. The Kier molecular flexibility index (Phi) is 5.60. The van der Waals surface area contributed by atoms with Crippen molar-refractivity contribution in [1.29, 1.82) is 0 Å². The van der Waals surface area contributed by atoms with Gasteiger partial charge in [-0.2, -0.15) is 13.2 Å². The third-order valence-corrected chi connectivity index (χ3v) is 3.30. The van der Waals surface area contributed by atoms with Crippen LogP contribution in [0.4, 0.5) is 13.2 Å². The van der Waals surface area contributed by atoms with Gasteiger partial charge in [0.25, 0.3) is 0 Å². The van der Waals surface area contributed by atoms with Crippen LogP contribution < -0.4 is 0 Å². The molecule has 0 radical (unpaired) electrons. The number of hydrogen-bond donors (Lipinski definition) is 0. The van der Waals surface area contributed by atoms with Crippen LogP contribution in [0, 0.1) is 0 Å². The molecule has 1 heterocycles. The fourth-order valence-corrected chi connectivity index (χ4v) is 2.15. The fraction of sp³-hybridized carbons (Fsp3) is 0.250. The van der Waals surface area contributed by atoms with E-state index in [0.29, 0.717) is 0 Å². The van der Waals surface area contributed by atoms with Gasteiger partial charge in [0.05, 0.1) is 11.3 Å². The van der Waals surface area contributed by atoms with E-state index in [1.54, 1.807) is 31.5 Å². The lowest BCUT2D eigenvalue weighted by molar-refractivity contribution is -0.137. The van der Waals surface area contributed by atoms with E-state index in [2.05, 4.69) is 10.1 Å². The van der Waals surface area contributed by atoms with Gasteiger partial charge in [-0.15, -0.1) is 0 Å². The number of alkyl halides is 3. The average molecular weight is 343 g/mol. The van der Waals surface area contributed by atoms with Gasteiger partial charge in [0.2, 0.25) is 0 Å². The highest BCUT2D eigenvalue weighted by Gasteiger charge is 2.34. The minimum Gasteiger partial charge on any atom is -0.391 e. The van der Waals surface area contributed by atoms with E-state index in [1.807, 2.05) is 0 Å². The van der Waals surface area contributed by atoms with Crippen molar-refractivity contribution in [2.45, 2.75) is 26.1 Å². The van der Waals surface area contributed by atoms with E-state index in [-0.39, 0.29) is 29.3 Å². The van der Waals surface area contributed by atoms with E-state index in [0.717, 1.165) is 11.6 Å². The van der Waals surface area contributed by atoms with Crippen LogP contribution in [-0.2, 0) is 17.6 Å². The summed E-state index contributed by atoms with van der Waals surface area (Å²) in [5.41, 5.74) is 0.101. The smallest absolute Gasteiger partial charge is 0.391 e. The first-order chi connectivity index (χ1) is 10.9. The summed E-state index contributed by atoms with van der Waals surface area (Å²) in [5.74, 6) is 0. The van der Waals surface area contributed by atoms with Crippen molar-refractivity contribution >= 4 is 17.3 Å². The summed E-state index contributed by atoms with van der Waals surface area (Å²) in [7, 11) is 0. The van der Waals surface area contributed by atoms with Gasteiger partial charge in [0.1, 0.15) is 6.61 Å². The SMILES string of the molecule is CC/C(=N\OCc1cccnc1)c1cc(Cl)ccc1C(F)(F)F. The zero-order chi connectivity index (χ0) is 16.9. The molecule has 0 fully saturated rings. The Hall–Kier alpha value is -2.08. The summed E-state index contributed by atoms with van der Waals surface area (Å²) >= 11 is 5.83. The summed E-state index contributed by atoms with van der Waals surface area (Å²) in [6.07, 6.45) is -0.997. The number of halogens is 4. The second-order valence-electron chi connectivity index (χ2n) is 4.71. The number of nitrogens with zero attached hydrogens (tertiary/aromatic N) is 2. The van der Waals surface area contributed by atoms with Crippen LogP contribution in [0.25, 0.3) is 0 Å². The van der Waals surface area contributed by atoms with Crippen LogP contribution in [0.5, 0.6) is 0 Å². The third-order valence-electron chi connectivity index (χ3n) is 3.06. The maximum atomic E-state index is 13.1. The summed E-state index contributed by atoms with van der Waals surface area (Å²) in [4.78, 5) is 9.10. The van der Waals surface area contributed by atoms with Crippen LogP contribution >= 0.6 is 11.6 Å². The first-order valence-corrected chi connectivity index (χ1v) is 7.24. The molecule has 7 heteroatoms. The average Bonchev–Trinajstić information content (AvgIpc) is 2.51. The van der Waals surface area contributed by atoms with Crippen molar-refractivity contribution in [1.82, 2.24) is 4.98 Å². The molecule has 0 N–H and O–H groups in total. The molecule has 23 heavy (non-hydrogen) atoms. The van der Waals surface area contributed by atoms with Gasteiger partial charge in [0.15, 0.2) is 0 Å². The van der Waals surface area contributed by atoms with Crippen molar-refractivity contribution in [3.05, 3.63) is 64.4 Å². The van der Waals surface area contributed by atoms with Crippen LogP contribution in [0.3, 0.4) is 0 Å². The van der Waals surface area contributed by atoms with Crippen molar-refractivity contribution in [2.24, 2.45) is 5.16 Å². The van der Waals surface area contributed by atoms with E-state index in [9.17, 15) is 13.2 Å². The normalized spacial score (nSPS) is 12.3. The lowest BCUT2D eigenvalue weighted by Gasteiger charge is -2.14. The van der Waals surface area contributed by atoms with Gasteiger partial charge in [-0.3, -0.25) is 4.98 Å². The van der Waals surface area contributed by atoms with Gasteiger partial charge < -0.3 is 4.84 Å². The Morgan fingerprint density at radius 1 is 1.30 bits per heavy atom. The molecule has 0 atom stereocenters. The molecule has 0 unspecified atom stereocenters. The fourth-order valence-electron chi connectivity index (χ4n) is 1.97. The topological polar surface area (TPSA) is 34.5 Å². The van der Waals surface area contributed by atoms with Crippen LogP contribution in [0.15, 0.2) is 47.9 Å². The summed E-state index contributed by atoms with van der Waals surface area (Å²) in [5, 5.41) is 4.06. The maximum absolute atomic E-state index is 13.1. The van der Waals surface area contributed by atoms with Crippen LogP contribution in [0.2, 0.25) is 5.02 Å². The molecule has 3 nitrogen and oxygen atoms in total. The van der Waals surface area contributed by atoms with E-state index in [4.69, 9.17) is 16.4 Å². The molecule has 0 saturated carbocycles. The standard InChI is InChI=1S/C16H14ClF3N2O/c1-2-15(22-23-10-11-4-3-7-21-9-11)13-8-12(17)5-6-14(13)16(18,19)20/h3-9H,2,10H2,1H3/b22-15+. The molecule has 0 aliphatic carbocycles. The Morgan fingerprint density at radius 3 is 2.70 bits per heavy atom. The van der Waals surface area contributed by atoms with Crippen molar-refractivity contribution in [2.75, 3.05) is 0 Å². The molecule has 0 aliphatic heterocycles. The first kappa shape index (κ1) is 17.3. The molecule has 0 spiro atoms. The quantitative estimate of drug-likeness (QED) is 0.560. The summed E-state index contributed by atoms with van der Waals surface area (Å²) in [6.45, 7) is 1.83. The number of pyridine rings is 1. The van der Waals surface area contributed by atoms with Gasteiger partial charge in [-0.25, -0.2) is 0 Å². The van der Waals surface area contributed by atoms with Crippen molar-refractivity contribution < 1.29 is 18.0 Å².